The standard InChI is InChI=1S/C18H23N5O4S/c1-26-16-7-13-14(8-17(16)27-2)20-9-15-18(13)23(10-21-15)12-5-3-11(4-6-12)22-28(19,24)25/h7-12,22H,3-6H2,1-2H3,(H2,19,24,25)/t11-,12-. The minimum absolute atomic E-state index is 0.121. The Morgan fingerprint density at radius 1 is 1.07 bits per heavy atom. The molecular formula is C18H23N5O4S. The fraction of sp³-hybridized carbons (Fsp3) is 0.444. The third-order valence-electron chi connectivity index (χ3n) is 5.33. The lowest BCUT2D eigenvalue weighted by Crippen LogP contribution is -2.41. The maximum absolute atomic E-state index is 11.3. The molecule has 1 saturated carbocycles. The van der Waals surface area contributed by atoms with Crippen molar-refractivity contribution in [3.8, 4) is 11.5 Å². The number of rotatable bonds is 5. The molecule has 1 aromatic carbocycles. The number of nitrogens with one attached hydrogen (secondary N) is 1. The van der Waals surface area contributed by atoms with Gasteiger partial charge in [0.1, 0.15) is 5.52 Å². The van der Waals surface area contributed by atoms with Crippen molar-refractivity contribution in [3.63, 3.8) is 0 Å². The number of fused-ring (bicyclic) bond motifs is 3. The van der Waals surface area contributed by atoms with Crippen molar-refractivity contribution >= 4 is 32.1 Å². The molecule has 28 heavy (non-hydrogen) atoms. The zero-order chi connectivity index (χ0) is 19.9. The van der Waals surface area contributed by atoms with Crippen LogP contribution in [-0.4, -0.2) is 43.2 Å². The van der Waals surface area contributed by atoms with Gasteiger partial charge in [-0.25, -0.2) is 10.1 Å². The molecule has 0 atom stereocenters. The number of hydrogen-bond donors (Lipinski definition) is 2. The Balaban J connectivity index is 1.71. The van der Waals surface area contributed by atoms with E-state index in [-0.39, 0.29) is 12.1 Å². The molecule has 9 nitrogen and oxygen atoms in total. The first-order valence-corrected chi connectivity index (χ1v) is 10.6. The Kier molecular flexibility index (Phi) is 4.86. The van der Waals surface area contributed by atoms with Gasteiger partial charge in [-0.3, -0.25) is 4.98 Å². The second kappa shape index (κ2) is 7.19. The maximum Gasteiger partial charge on any atom is 0.274 e. The van der Waals surface area contributed by atoms with E-state index in [1.54, 1.807) is 20.4 Å². The summed E-state index contributed by atoms with van der Waals surface area (Å²) in [5.41, 5.74) is 2.61. The molecule has 1 aliphatic rings. The van der Waals surface area contributed by atoms with Gasteiger partial charge in [0, 0.05) is 23.5 Å². The third-order valence-corrected chi connectivity index (χ3v) is 5.99. The normalized spacial score (nSPS) is 20.5. The van der Waals surface area contributed by atoms with E-state index in [1.807, 2.05) is 18.5 Å². The molecule has 0 aliphatic heterocycles. The first-order valence-electron chi connectivity index (χ1n) is 9.07. The van der Waals surface area contributed by atoms with Crippen molar-refractivity contribution in [2.75, 3.05) is 14.2 Å². The lowest BCUT2D eigenvalue weighted by Gasteiger charge is -2.29. The summed E-state index contributed by atoms with van der Waals surface area (Å²) in [5.74, 6) is 1.26. The van der Waals surface area contributed by atoms with E-state index in [1.165, 1.54) is 0 Å². The number of ether oxygens (including phenoxy) is 2. The molecule has 3 aromatic rings. The quantitative estimate of drug-likeness (QED) is 0.668. The van der Waals surface area contributed by atoms with E-state index < -0.39 is 10.2 Å². The first kappa shape index (κ1) is 18.9. The van der Waals surface area contributed by atoms with Gasteiger partial charge in [-0.05, 0) is 31.7 Å². The zero-order valence-electron chi connectivity index (χ0n) is 15.8. The molecule has 2 aromatic heterocycles. The van der Waals surface area contributed by atoms with E-state index in [2.05, 4.69) is 19.3 Å². The lowest BCUT2D eigenvalue weighted by molar-refractivity contribution is 0.316. The zero-order valence-corrected chi connectivity index (χ0v) is 16.6. The number of aromatic nitrogens is 3. The largest absolute Gasteiger partial charge is 0.493 e. The van der Waals surface area contributed by atoms with Gasteiger partial charge in [-0.1, -0.05) is 0 Å². The smallest absolute Gasteiger partial charge is 0.274 e. The molecular weight excluding hydrogens is 382 g/mol. The molecule has 2 heterocycles. The van der Waals surface area contributed by atoms with E-state index in [4.69, 9.17) is 14.6 Å². The number of methoxy groups -OCH3 is 2. The highest BCUT2D eigenvalue weighted by molar-refractivity contribution is 7.87. The third kappa shape index (κ3) is 3.50. The number of nitrogens with two attached hydrogens (primary N) is 1. The SMILES string of the molecule is COc1cc2ncc3ncn([C@H]4CC[C@H](NS(N)(=O)=O)CC4)c3c2cc1OC. The predicted octanol–water partition coefficient (Wildman–Crippen LogP) is 1.88. The summed E-state index contributed by atoms with van der Waals surface area (Å²) < 4.78 is 38.0. The van der Waals surface area contributed by atoms with Crippen molar-refractivity contribution in [3.05, 3.63) is 24.7 Å². The molecule has 4 rings (SSSR count). The van der Waals surface area contributed by atoms with Gasteiger partial charge in [0.05, 0.1) is 37.8 Å². The van der Waals surface area contributed by atoms with Gasteiger partial charge < -0.3 is 14.0 Å². The Morgan fingerprint density at radius 2 is 1.75 bits per heavy atom. The van der Waals surface area contributed by atoms with Crippen molar-refractivity contribution in [2.45, 2.75) is 37.8 Å². The fourth-order valence-electron chi connectivity index (χ4n) is 4.02. The van der Waals surface area contributed by atoms with Crippen molar-refractivity contribution in [1.82, 2.24) is 19.3 Å². The number of imidazole rings is 1. The summed E-state index contributed by atoms with van der Waals surface area (Å²) >= 11 is 0. The Bertz CT molecular complexity index is 1120. The number of nitrogens with zero attached hydrogens (tertiary/aromatic N) is 3. The van der Waals surface area contributed by atoms with Crippen LogP contribution in [0.15, 0.2) is 24.7 Å². The van der Waals surface area contributed by atoms with Gasteiger partial charge in [0.25, 0.3) is 10.2 Å². The second-order valence-corrected chi connectivity index (χ2v) is 8.36. The average Bonchev–Trinajstić information content (AvgIpc) is 3.10. The summed E-state index contributed by atoms with van der Waals surface area (Å²) in [6.07, 6.45) is 6.70. The van der Waals surface area contributed by atoms with Crippen LogP contribution in [-0.2, 0) is 10.2 Å². The predicted molar refractivity (Wildman–Crippen MR) is 106 cm³/mol. The highest BCUT2D eigenvalue weighted by atomic mass is 32.2. The van der Waals surface area contributed by atoms with Crippen LogP contribution in [0.4, 0.5) is 0 Å². The van der Waals surface area contributed by atoms with Gasteiger partial charge in [0.15, 0.2) is 11.5 Å². The molecule has 150 valence electrons. The lowest BCUT2D eigenvalue weighted by atomic mass is 9.91. The number of pyridine rings is 1. The molecule has 1 aliphatic carbocycles. The van der Waals surface area contributed by atoms with Gasteiger partial charge in [0.2, 0.25) is 0 Å². The summed E-state index contributed by atoms with van der Waals surface area (Å²) in [7, 11) is -0.473. The molecule has 0 saturated heterocycles. The van der Waals surface area contributed by atoms with Crippen LogP contribution in [0.5, 0.6) is 11.5 Å². The maximum atomic E-state index is 11.3. The summed E-state index contributed by atoms with van der Waals surface area (Å²) in [4.78, 5) is 9.02. The van der Waals surface area contributed by atoms with Crippen molar-refractivity contribution < 1.29 is 17.9 Å². The Morgan fingerprint density at radius 3 is 2.39 bits per heavy atom. The average molecular weight is 405 g/mol. The Labute approximate surface area is 163 Å². The van der Waals surface area contributed by atoms with E-state index in [0.29, 0.717) is 11.5 Å². The van der Waals surface area contributed by atoms with Crippen LogP contribution in [0.3, 0.4) is 0 Å². The van der Waals surface area contributed by atoms with E-state index >= 15 is 0 Å². The van der Waals surface area contributed by atoms with Gasteiger partial charge in [-0.2, -0.15) is 13.1 Å². The molecule has 10 heteroatoms. The topological polar surface area (TPSA) is 121 Å². The highest BCUT2D eigenvalue weighted by Gasteiger charge is 2.26. The van der Waals surface area contributed by atoms with Crippen LogP contribution >= 0.6 is 0 Å². The van der Waals surface area contributed by atoms with Gasteiger partial charge in [-0.15, -0.1) is 0 Å². The van der Waals surface area contributed by atoms with E-state index in [9.17, 15) is 8.42 Å². The minimum atomic E-state index is -3.68. The Hall–Kier alpha value is -2.43. The highest BCUT2D eigenvalue weighted by Crippen LogP contribution is 2.37. The van der Waals surface area contributed by atoms with Crippen LogP contribution in [0, 0.1) is 0 Å². The molecule has 0 bridgehead atoms. The summed E-state index contributed by atoms with van der Waals surface area (Å²) in [6, 6.07) is 3.89. The monoisotopic (exact) mass is 405 g/mol. The molecule has 0 spiro atoms. The summed E-state index contributed by atoms with van der Waals surface area (Å²) in [6.45, 7) is 0. The van der Waals surface area contributed by atoms with E-state index in [0.717, 1.165) is 47.6 Å². The van der Waals surface area contributed by atoms with Crippen LogP contribution < -0.4 is 19.3 Å². The summed E-state index contributed by atoms with van der Waals surface area (Å²) in [5, 5.41) is 6.04. The number of benzene rings is 1. The van der Waals surface area contributed by atoms with Crippen LogP contribution in [0.2, 0.25) is 0 Å². The second-order valence-electron chi connectivity index (χ2n) is 7.04. The fourth-order valence-corrected chi connectivity index (χ4v) is 4.72. The van der Waals surface area contributed by atoms with Crippen molar-refractivity contribution in [2.24, 2.45) is 5.14 Å². The molecule has 0 radical (unpaired) electrons. The number of hydrogen-bond acceptors (Lipinski definition) is 6. The molecule has 0 unspecified atom stereocenters. The van der Waals surface area contributed by atoms with Crippen LogP contribution in [0.25, 0.3) is 21.9 Å². The van der Waals surface area contributed by atoms with Crippen LogP contribution in [0.1, 0.15) is 31.7 Å². The first-order chi connectivity index (χ1) is 13.4. The minimum Gasteiger partial charge on any atom is -0.493 e. The molecule has 3 N–H and O–H groups in total. The van der Waals surface area contributed by atoms with Crippen molar-refractivity contribution in [1.29, 1.82) is 0 Å². The molecule has 0 amide bonds. The molecule has 1 fully saturated rings. The van der Waals surface area contributed by atoms with Gasteiger partial charge >= 0.3 is 0 Å².